The molecule has 0 aliphatic carbocycles. The predicted molar refractivity (Wildman–Crippen MR) is 163 cm³/mol. The molecule has 0 fully saturated rings. The SMILES string of the molecule is COc1cc(-c2cc(N(O[Si](C)(C)C(C)(C)C)C(C)(C)C)cc(C(C)(C)C)c2)cc(C(C)(C)C)c1OC. The molecule has 0 saturated carbocycles. The van der Waals surface area contributed by atoms with Gasteiger partial charge in [-0.2, -0.15) is 0 Å². The van der Waals surface area contributed by atoms with Crippen molar-refractivity contribution in [1.29, 1.82) is 0 Å². The van der Waals surface area contributed by atoms with Crippen LogP contribution in [0.1, 0.15) is 94.2 Å². The highest BCUT2D eigenvalue weighted by Gasteiger charge is 2.42. The third-order valence-electron chi connectivity index (χ3n) is 7.37. The van der Waals surface area contributed by atoms with Gasteiger partial charge in [0.25, 0.3) is 0 Å². The molecule has 0 aliphatic heterocycles. The maximum Gasteiger partial charge on any atom is 0.228 e. The minimum Gasteiger partial charge on any atom is -0.493 e. The molecule has 0 unspecified atom stereocenters. The molecule has 0 amide bonds. The van der Waals surface area contributed by atoms with E-state index >= 15 is 0 Å². The predicted octanol–water partition coefficient (Wildman–Crippen LogP) is 9.51. The fraction of sp³-hybridized carbons (Fsp3) is 0.625. The number of nitrogens with zero attached hydrogens (tertiary/aromatic N) is 1. The zero-order valence-corrected chi connectivity index (χ0v) is 27.6. The number of hydrogen-bond donors (Lipinski definition) is 0. The first kappa shape index (κ1) is 31.2. The number of ether oxygens (including phenoxy) is 2. The molecule has 0 aliphatic rings. The Balaban J connectivity index is 2.89. The molecule has 0 atom stereocenters. The van der Waals surface area contributed by atoms with Gasteiger partial charge >= 0.3 is 0 Å². The Kier molecular flexibility index (Phi) is 8.69. The summed E-state index contributed by atoms with van der Waals surface area (Å²) in [7, 11) is 1.33. The normalized spacial score (nSPS) is 13.5. The van der Waals surface area contributed by atoms with Crippen LogP contribution in [0.25, 0.3) is 11.1 Å². The van der Waals surface area contributed by atoms with Crippen molar-refractivity contribution in [3.63, 3.8) is 0 Å². The number of benzene rings is 2. The Morgan fingerprint density at radius 2 is 1.19 bits per heavy atom. The minimum atomic E-state index is -2.09. The summed E-state index contributed by atoms with van der Waals surface area (Å²) in [6, 6.07) is 11.2. The van der Waals surface area contributed by atoms with E-state index in [9.17, 15) is 0 Å². The fourth-order valence-electron chi connectivity index (χ4n) is 3.96. The van der Waals surface area contributed by atoms with Gasteiger partial charge in [-0.3, -0.25) is 5.06 Å². The first-order valence-corrected chi connectivity index (χ1v) is 16.4. The minimum absolute atomic E-state index is 0.0330. The Morgan fingerprint density at radius 3 is 1.59 bits per heavy atom. The van der Waals surface area contributed by atoms with Crippen molar-refractivity contribution >= 4 is 14.0 Å². The molecule has 4 nitrogen and oxygen atoms in total. The van der Waals surface area contributed by atoms with Crippen molar-refractivity contribution in [3.05, 3.63) is 41.5 Å². The van der Waals surface area contributed by atoms with E-state index in [1.165, 1.54) is 5.56 Å². The van der Waals surface area contributed by atoms with Gasteiger partial charge in [-0.05, 0) is 90.7 Å². The van der Waals surface area contributed by atoms with E-state index in [0.717, 1.165) is 33.9 Å². The van der Waals surface area contributed by atoms with Crippen molar-refractivity contribution in [3.8, 4) is 22.6 Å². The highest BCUT2D eigenvalue weighted by molar-refractivity contribution is 6.74. The van der Waals surface area contributed by atoms with Gasteiger partial charge in [0.2, 0.25) is 8.32 Å². The average Bonchev–Trinajstić information content (AvgIpc) is 2.73. The summed E-state index contributed by atoms with van der Waals surface area (Å²) in [6.07, 6.45) is 0. The van der Waals surface area contributed by atoms with Crippen molar-refractivity contribution in [2.75, 3.05) is 19.3 Å². The Hall–Kier alpha value is -1.98. The molecule has 0 radical (unpaired) electrons. The summed E-state index contributed by atoms with van der Waals surface area (Å²) in [5, 5.41) is 2.25. The number of methoxy groups -OCH3 is 2. The molecule has 0 bridgehead atoms. The van der Waals surface area contributed by atoms with Crippen molar-refractivity contribution in [2.24, 2.45) is 0 Å². The van der Waals surface area contributed by atoms with Crippen molar-refractivity contribution < 1.29 is 14.0 Å². The molecule has 0 saturated heterocycles. The average molecular weight is 528 g/mol. The molecule has 2 rings (SSSR count). The number of rotatable bonds is 6. The van der Waals surface area contributed by atoms with E-state index < -0.39 is 8.32 Å². The van der Waals surface area contributed by atoms with Crippen LogP contribution >= 0.6 is 0 Å². The highest BCUT2D eigenvalue weighted by atomic mass is 28.4. The third kappa shape index (κ3) is 7.11. The van der Waals surface area contributed by atoms with Crippen LogP contribution in [0.4, 0.5) is 5.69 Å². The van der Waals surface area contributed by atoms with Crippen LogP contribution in [-0.4, -0.2) is 28.1 Å². The van der Waals surface area contributed by atoms with Crippen LogP contribution in [0, 0.1) is 0 Å². The van der Waals surface area contributed by atoms with Gasteiger partial charge in [0.05, 0.1) is 25.4 Å². The topological polar surface area (TPSA) is 30.9 Å². The van der Waals surface area contributed by atoms with E-state index in [1.807, 2.05) is 0 Å². The van der Waals surface area contributed by atoms with Crippen LogP contribution in [0.5, 0.6) is 11.5 Å². The van der Waals surface area contributed by atoms with Crippen LogP contribution in [0.3, 0.4) is 0 Å². The van der Waals surface area contributed by atoms with E-state index in [-0.39, 0.29) is 21.4 Å². The van der Waals surface area contributed by atoms with Crippen LogP contribution < -0.4 is 14.5 Å². The summed E-state index contributed by atoms with van der Waals surface area (Å²) in [5.74, 6) is 1.54. The van der Waals surface area contributed by atoms with Crippen molar-refractivity contribution in [2.45, 2.75) is 118 Å². The monoisotopic (exact) mass is 527 g/mol. The molecule has 208 valence electrons. The Bertz CT molecular complexity index is 1090. The summed E-state index contributed by atoms with van der Waals surface area (Å²) in [4.78, 5) is 0. The van der Waals surface area contributed by atoms with E-state index in [1.54, 1.807) is 14.2 Å². The molecule has 2 aromatic carbocycles. The summed E-state index contributed by atoms with van der Waals surface area (Å²) in [6.45, 7) is 31.6. The van der Waals surface area contributed by atoms with E-state index in [0.29, 0.717) is 0 Å². The molecule has 0 heterocycles. The van der Waals surface area contributed by atoms with Crippen molar-refractivity contribution in [1.82, 2.24) is 0 Å². The molecule has 0 spiro atoms. The fourth-order valence-corrected chi connectivity index (χ4v) is 5.07. The molecular formula is C32H53NO3Si. The third-order valence-corrected chi connectivity index (χ3v) is 11.6. The summed E-state index contributed by atoms with van der Waals surface area (Å²) < 4.78 is 18.6. The molecule has 0 N–H and O–H groups in total. The number of hydroxylamine groups is 1. The molecule has 5 heteroatoms. The lowest BCUT2D eigenvalue weighted by atomic mass is 9.82. The Morgan fingerprint density at radius 1 is 0.649 bits per heavy atom. The second kappa shape index (κ2) is 10.3. The van der Waals surface area contributed by atoms with E-state index in [2.05, 4.69) is 132 Å². The maximum absolute atomic E-state index is 7.00. The van der Waals surface area contributed by atoms with Gasteiger partial charge in [-0.15, -0.1) is 0 Å². The van der Waals surface area contributed by atoms with Gasteiger partial charge in [-0.25, -0.2) is 0 Å². The van der Waals surface area contributed by atoms with Crippen LogP contribution in [0.15, 0.2) is 30.3 Å². The summed E-state index contributed by atoms with van der Waals surface area (Å²) in [5.41, 5.74) is 5.34. The zero-order chi connectivity index (χ0) is 28.8. The van der Waals surface area contributed by atoms with E-state index in [4.69, 9.17) is 14.0 Å². The lowest BCUT2D eigenvalue weighted by Crippen LogP contribution is -2.53. The number of hydrogen-bond acceptors (Lipinski definition) is 4. The molecule has 0 aromatic heterocycles. The Labute approximate surface area is 228 Å². The molecule has 2 aromatic rings. The first-order chi connectivity index (χ1) is 16.5. The largest absolute Gasteiger partial charge is 0.493 e. The highest BCUT2D eigenvalue weighted by Crippen LogP contribution is 2.45. The lowest BCUT2D eigenvalue weighted by molar-refractivity contribution is 0.185. The summed E-state index contributed by atoms with van der Waals surface area (Å²) >= 11 is 0. The van der Waals surface area contributed by atoms with Gasteiger partial charge in [0.15, 0.2) is 11.5 Å². The van der Waals surface area contributed by atoms with Crippen LogP contribution in [0.2, 0.25) is 18.1 Å². The molecular weight excluding hydrogens is 474 g/mol. The van der Waals surface area contributed by atoms with Gasteiger partial charge in [0, 0.05) is 5.56 Å². The quantitative estimate of drug-likeness (QED) is 0.276. The second-order valence-corrected chi connectivity index (χ2v) is 19.5. The van der Waals surface area contributed by atoms with Gasteiger partial charge in [-0.1, -0.05) is 68.4 Å². The standard InChI is InChI=1S/C32H53NO3Si/c1-29(2,3)24-17-22(23-19-26(30(4,5)6)28(35-14)27(20-23)34-13)18-25(21-24)33(31(7,8)9)36-37(15,16)32(10,11)12/h17-21H,1-16H3. The lowest BCUT2D eigenvalue weighted by Gasteiger charge is -2.46. The smallest absolute Gasteiger partial charge is 0.228 e. The first-order valence-electron chi connectivity index (χ1n) is 13.4. The second-order valence-electron chi connectivity index (χ2n) is 14.8. The number of anilines is 1. The maximum atomic E-state index is 7.00. The van der Waals surface area contributed by atoms with Gasteiger partial charge in [0.1, 0.15) is 0 Å². The van der Waals surface area contributed by atoms with Gasteiger partial charge < -0.3 is 14.0 Å². The molecule has 37 heavy (non-hydrogen) atoms. The zero-order valence-electron chi connectivity index (χ0n) is 26.6. The van der Waals surface area contributed by atoms with Crippen LogP contribution in [-0.2, 0) is 15.4 Å².